The van der Waals surface area contributed by atoms with Crippen molar-refractivity contribution in [3.8, 4) is 6.07 Å². The molecule has 0 aliphatic rings. The number of hydrogen-bond donors (Lipinski definition) is 0. The third-order valence-corrected chi connectivity index (χ3v) is 2.62. The van der Waals surface area contributed by atoms with E-state index < -0.39 is 0 Å². The third-order valence-electron chi connectivity index (χ3n) is 2.11. The van der Waals surface area contributed by atoms with Crippen LogP contribution in [0, 0.1) is 11.3 Å². The van der Waals surface area contributed by atoms with E-state index in [2.05, 4.69) is 20.9 Å². The summed E-state index contributed by atoms with van der Waals surface area (Å²) in [6.07, 6.45) is 0.108. The molecule has 0 bridgehead atoms. The van der Waals surface area contributed by atoms with Crippen molar-refractivity contribution in [2.75, 3.05) is 5.33 Å². The number of alkyl halides is 1. The van der Waals surface area contributed by atoms with Crippen LogP contribution in [0.1, 0.15) is 16.2 Å². The number of benzene rings is 1. The first-order valence-corrected chi connectivity index (χ1v) is 5.73. The highest BCUT2D eigenvalue weighted by atomic mass is 79.9. The molecule has 1 aromatic heterocycles. The summed E-state index contributed by atoms with van der Waals surface area (Å²) >= 11 is 3.11. The predicted octanol–water partition coefficient (Wildman–Crippen LogP) is 2.47. The summed E-state index contributed by atoms with van der Waals surface area (Å²) < 4.78 is 5.39. The second-order valence-corrected chi connectivity index (χ2v) is 3.71. The summed E-state index contributed by atoms with van der Waals surface area (Å²) in [6.45, 7) is 0. The molecule has 1 aromatic carbocycles. The largest absolute Gasteiger partial charge is 0.439 e. The Morgan fingerprint density at radius 1 is 1.56 bits per heavy atom. The molecule has 0 saturated carbocycles. The van der Waals surface area contributed by atoms with Gasteiger partial charge in [0.15, 0.2) is 11.4 Å². The van der Waals surface area contributed by atoms with Gasteiger partial charge >= 0.3 is 0 Å². The van der Waals surface area contributed by atoms with Gasteiger partial charge in [0.2, 0.25) is 5.89 Å². The molecule has 5 heteroatoms. The smallest absolute Gasteiger partial charge is 0.209 e. The normalized spacial score (nSPS) is 10.2. The summed E-state index contributed by atoms with van der Waals surface area (Å²) in [5.74, 6) is 0.276. The molecule has 80 valence electrons. The molecule has 0 spiro atoms. The average Bonchev–Trinajstić information content (AvgIpc) is 2.70. The van der Waals surface area contributed by atoms with E-state index in [1.165, 1.54) is 0 Å². The number of carbonyl (C=O) groups is 1. The second-order valence-electron chi connectivity index (χ2n) is 3.15. The van der Waals surface area contributed by atoms with E-state index in [9.17, 15) is 4.79 Å². The topological polar surface area (TPSA) is 66.9 Å². The first-order chi connectivity index (χ1) is 7.76. The number of nitrogens with zero attached hydrogens (tertiary/aromatic N) is 2. The fraction of sp³-hybridized carbons (Fsp3) is 0.182. The minimum absolute atomic E-state index is 0.0646. The minimum Gasteiger partial charge on any atom is -0.439 e. The van der Waals surface area contributed by atoms with Crippen molar-refractivity contribution in [1.29, 1.82) is 5.26 Å². The van der Waals surface area contributed by atoms with Crippen LogP contribution < -0.4 is 0 Å². The SMILES string of the molecule is N#CCc1nc2cccc(C(=O)CBr)c2o1. The summed E-state index contributed by atoms with van der Waals surface area (Å²) in [5.41, 5.74) is 1.56. The van der Waals surface area contributed by atoms with Gasteiger partial charge in [-0.2, -0.15) is 5.26 Å². The van der Waals surface area contributed by atoms with Crippen LogP contribution in [0.15, 0.2) is 22.6 Å². The van der Waals surface area contributed by atoms with Crippen LogP contribution in [0.2, 0.25) is 0 Å². The van der Waals surface area contributed by atoms with Gasteiger partial charge in [0.1, 0.15) is 11.9 Å². The Morgan fingerprint density at radius 2 is 2.38 bits per heavy atom. The number of hydrogen-bond acceptors (Lipinski definition) is 4. The Bertz CT molecular complexity index is 583. The molecule has 0 N–H and O–H groups in total. The lowest BCUT2D eigenvalue weighted by molar-refractivity contribution is 0.102. The van der Waals surface area contributed by atoms with Crippen molar-refractivity contribution >= 4 is 32.8 Å². The number of nitriles is 1. The fourth-order valence-corrected chi connectivity index (χ4v) is 1.73. The van der Waals surface area contributed by atoms with Gasteiger partial charge in [-0.05, 0) is 12.1 Å². The number of halogens is 1. The molecule has 0 aliphatic heterocycles. The Morgan fingerprint density at radius 3 is 3.06 bits per heavy atom. The molecule has 2 aromatic rings. The Balaban J connectivity index is 2.59. The van der Waals surface area contributed by atoms with E-state index in [1.54, 1.807) is 18.2 Å². The van der Waals surface area contributed by atoms with Crippen molar-refractivity contribution in [3.05, 3.63) is 29.7 Å². The van der Waals surface area contributed by atoms with Crippen LogP contribution in [-0.2, 0) is 6.42 Å². The molecule has 0 saturated heterocycles. The van der Waals surface area contributed by atoms with E-state index in [-0.39, 0.29) is 17.5 Å². The maximum atomic E-state index is 11.6. The lowest BCUT2D eigenvalue weighted by Crippen LogP contribution is -1.99. The first-order valence-electron chi connectivity index (χ1n) is 4.61. The fourth-order valence-electron chi connectivity index (χ4n) is 1.43. The maximum absolute atomic E-state index is 11.6. The summed E-state index contributed by atoms with van der Waals surface area (Å²) in [5, 5.41) is 8.78. The predicted molar refractivity (Wildman–Crippen MR) is 61.5 cm³/mol. The van der Waals surface area contributed by atoms with E-state index >= 15 is 0 Å². The second kappa shape index (κ2) is 4.45. The van der Waals surface area contributed by atoms with Crippen molar-refractivity contribution in [1.82, 2.24) is 4.98 Å². The van der Waals surface area contributed by atoms with Gasteiger partial charge in [0.25, 0.3) is 0 Å². The molecule has 0 aliphatic carbocycles. The van der Waals surface area contributed by atoms with Gasteiger partial charge in [-0.3, -0.25) is 4.79 Å². The number of Topliss-reactive ketones (excluding diaryl/α,β-unsaturated/α-hetero) is 1. The molecule has 1 heterocycles. The van der Waals surface area contributed by atoms with Crippen LogP contribution in [0.5, 0.6) is 0 Å². The molecule has 0 amide bonds. The minimum atomic E-state index is -0.0646. The zero-order valence-corrected chi connectivity index (χ0v) is 9.82. The summed E-state index contributed by atoms with van der Waals surface area (Å²) in [7, 11) is 0. The number of carbonyl (C=O) groups excluding carboxylic acids is 1. The number of ketones is 1. The van der Waals surface area contributed by atoms with Gasteiger partial charge < -0.3 is 4.42 Å². The van der Waals surface area contributed by atoms with Crippen LogP contribution in [0.4, 0.5) is 0 Å². The maximum Gasteiger partial charge on any atom is 0.209 e. The van der Waals surface area contributed by atoms with Crippen molar-refractivity contribution in [2.45, 2.75) is 6.42 Å². The zero-order valence-electron chi connectivity index (χ0n) is 8.24. The van der Waals surface area contributed by atoms with E-state index in [0.717, 1.165) is 0 Å². The Hall–Kier alpha value is -1.67. The number of oxazole rings is 1. The van der Waals surface area contributed by atoms with E-state index in [1.807, 2.05) is 6.07 Å². The monoisotopic (exact) mass is 278 g/mol. The van der Waals surface area contributed by atoms with Crippen molar-refractivity contribution < 1.29 is 9.21 Å². The third kappa shape index (κ3) is 1.84. The van der Waals surface area contributed by atoms with Crippen molar-refractivity contribution in [2.24, 2.45) is 0 Å². The molecule has 0 atom stereocenters. The highest BCUT2D eigenvalue weighted by Crippen LogP contribution is 2.21. The van der Waals surface area contributed by atoms with Crippen LogP contribution >= 0.6 is 15.9 Å². The molecule has 16 heavy (non-hydrogen) atoms. The highest BCUT2D eigenvalue weighted by molar-refractivity contribution is 9.09. The standard InChI is InChI=1S/C11H7BrN2O2/c12-6-9(15)7-2-1-3-8-11(7)16-10(14-8)4-5-13/h1-3H,4,6H2. The highest BCUT2D eigenvalue weighted by Gasteiger charge is 2.14. The molecule has 2 rings (SSSR count). The van der Waals surface area contributed by atoms with Crippen LogP contribution in [0.3, 0.4) is 0 Å². The van der Waals surface area contributed by atoms with Gasteiger partial charge in [0, 0.05) is 0 Å². The molecule has 4 nitrogen and oxygen atoms in total. The molecule has 0 fully saturated rings. The lowest BCUT2D eigenvalue weighted by atomic mass is 10.1. The van der Waals surface area contributed by atoms with Gasteiger partial charge in [-0.25, -0.2) is 4.98 Å². The van der Waals surface area contributed by atoms with Crippen LogP contribution in [0.25, 0.3) is 11.1 Å². The van der Waals surface area contributed by atoms with Gasteiger partial charge in [0.05, 0.1) is 17.0 Å². The van der Waals surface area contributed by atoms with Crippen LogP contribution in [-0.4, -0.2) is 16.1 Å². The van der Waals surface area contributed by atoms with Gasteiger partial charge in [-0.15, -0.1) is 0 Å². The summed E-state index contributed by atoms with van der Waals surface area (Å²) in [4.78, 5) is 15.7. The number of aromatic nitrogens is 1. The van der Waals surface area contributed by atoms with Gasteiger partial charge in [-0.1, -0.05) is 22.0 Å². The number of rotatable bonds is 3. The molecular weight excluding hydrogens is 272 g/mol. The number of fused-ring (bicyclic) bond motifs is 1. The zero-order chi connectivity index (χ0) is 11.5. The average molecular weight is 279 g/mol. The first kappa shape index (κ1) is 10.8. The summed E-state index contributed by atoms with van der Waals surface area (Å²) in [6, 6.07) is 7.15. The Labute approximate surface area is 100 Å². The lowest BCUT2D eigenvalue weighted by Gasteiger charge is -1.96. The van der Waals surface area contributed by atoms with E-state index in [0.29, 0.717) is 22.6 Å². The molecule has 0 unspecified atom stereocenters. The Kier molecular flexibility index (Phi) is 3.02. The quantitative estimate of drug-likeness (QED) is 0.639. The number of para-hydroxylation sites is 1. The molecule has 0 radical (unpaired) electrons. The molecular formula is C11H7BrN2O2. The van der Waals surface area contributed by atoms with Crippen molar-refractivity contribution in [3.63, 3.8) is 0 Å². The van der Waals surface area contributed by atoms with E-state index in [4.69, 9.17) is 9.68 Å².